The molecule has 0 saturated carbocycles. The van der Waals surface area contributed by atoms with Gasteiger partial charge in [-0.25, -0.2) is 0 Å². The number of anilines is 1. The zero-order chi connectivity index (χ0) is 14.8. The van der Waals surface area contributed by atoms with Crippen LogP contribution in [0.1, 0.15) is 50.7 Å². The Hall–Kier alpha value is -1.39. The van der Waals surface area contributed by atoms with Crippen LogP contribution < -0.4 is 10.6 Å². The minimum absolute atomic E-state index is 0.0643. The van der Waals surface area contributed by atoms with Gasteiger partial charge < -0.3 is 15.7 Å². The number of hydrogen-bond donors (Lipinski definition) is 3. The van der Waals surface area contributed by atoms with Gasteiger partial charge in [0.1, 0.15) is 0 Å². The van der Waals surface area contributed by atoms with Crippen molar-refractivity contribution in [1.82, 2.24) is 5.32 Å². The van der Waals surface area contributed by atoms with E-state index < -0.39 is 6.10 Å². The van der Waals surface area contributed by atoms with Gasteiger partial charge in [0.15, 0.2) is 0 Å². The van der Waals surface area contributed by atoms with Gasteiger partial charge in [-0.15, -0.1) is 0 Å². The highest BCUT2D eigenvalue weighted by atomic mass is 16.3. The average molecular weight is 288 g/mol. The summed E-state index contributed by atoms with van der Waals surface area (Å²) < 4.78 is 0. The third kappa shape index (κ3) is 3.44. The van der Waals surface area contributed by atoms with Crippen molar-refractivity contribution in [2.75, 3.05) is 5.32 Å². The number of fused-ring (bicyclic) bond motifs is 2. The lowest BCUT2D eigenvalue weighted by Crippen LogP contribution is -2.39. The maximum atomic E-state index is 12.3. The van der Waals surface area contributed by atoms with Crippen LogP contribution in [0.4, 0.5) is 5.69 Å². The first-order valence-corrected chi connectivity index (χ1v) is 7.94. The van der Waals surface area contributed by atoms with Crippen molar-refractivity contribution in [1.29, 1.82) is 0 Å². The quantitative estimate of drug-likeness (QED) is 0.798. The lowest BCUT2D eigenvalue weighted by Gasteiger charge is -2.28. The molecule has 1 amide bonds. The van der Waals surface area contributed by atoms with E-state index in [0.29, 0.717) is 24.4 Å². The lowest BCUT2D eigenvalue weighted by molar-refractivity contribution is -0.117. The number of piperidine rings is 1. The molecule has 2 heterocycles. The fourth-order valence-corrected chi connectivity index (χ4v) is 3.78. The third-order valence-corrected chi connectivity index (χ3v) is 4.73. The molecule has 2 saturated heterocycles. The second kappa shape index (κ2) is 6.16. The topological polar surface area (TPSA) is 61.4 Å². The highest BCUT2D eigenvalue weighted by molar-refractivity contribution is 5.91. The Morgan fingerprint density at radius 3 is 2.67 bits per heavy atom. The summed E-state index contributed by atoms with van der Waals surface area (Å²) in [4.78, 5) is 12.3. The summed E-state index contributed by atoms with van der Waals surface area (Å²) in [6.45, 7) is 1.72. The number of aliphatic hydroxyl groups is 1. The second-order valence-electron chi connectivity index (χ2n) is 6.49. The standard InChI is InChI=1S/C17H24N2O2/c1-11(20)15-4-2-3-5-16(15)19-17(21)10-12-8-13-6-7-14(9-12)18-13/h2-5,11-14,18,20H,6-10H2,1H3,(H,19,21). The van der Waals surface area contributed by atoms with Crippen LogP contribution in [0, 0.1) is 5.92 Å². The molecule has 3 rings (SSSR count). The van der Waals surface area contributed by atoms with Crippen molar-refractivity contribution >= 4 is 11.6 Å². The van der Waals surface area contributed by atoms with E-state index in [0.717, 1.165) is 24.1 Å². The summed E-state index contributed by atoms with van der Waals surface area (Å²) in [6.07, 6.45) is 4.75. The molecule has 21 heavy (non-hydrogen) atoms. The van der Waals surface area contributed by atoms with Gasteiger partial charge in [0.05, 0.1) is 6.10 Å². The predicted octanol–water partition coefficient (Wildman–Crippen LogP) is 2.60. The van der Waals surface area contributed by atoms with E-state index in [2.05, 4.69) is 10.6 Å². The molecule has 0 aromatic heterocycles. The Morgan fingerprint density at radius 2 is 2.00 bits per heavy atom. The van der Waals surface area contributed by atoms with Crippen LogP contribution in [0.2, 0.25) is 0 Å². The molecular formula is C17H24N2O2. The van der Waals surface area contributed by atoms with Crippen molar-refractivity contribution < 1.29 is 9.90 Å². The Morgan fingerprint density at radius 1 is 1.33 bits per heavy atom. The smallest absolute Gasteiger partial charge is 0.224 e. The molecule has 1 aromatic carbocycles. The fourth-order valence-electron chi connectivity index (χ4n) is 3.78. The van der Waals surface area contributed by atoms with Crippen LogP contribution in [0.25, 0.3) is 0 Å². The number of aliphatic hydroxyl groups excluding tert-OH is 1. The molecule has 0 radical (unpaired) electrons. The molecule has 0 spiro atoms. The Labute approximate surface area is 125 Å². The molecule has 3 unspecified atom stereocenters. The molecule has 114 valence electrons. The summed E-state index contributed by atoms with van der Waals surface area (Å²) in [5, 5.41) is 16.3. The van der Waals surface area contributed by atoms with Crippen molar-refractivity contribution in [3.8, 4) is 0 Å². The van der Waals surface area contributed by atoms with E-state index in [1.165, 1.54) is 12.8 Å². The number of hydrogen-bond acceptors (Lipinski definition) is 3. The van der Waals surface area contributed by atoms with Crippen molar-refractivity contribution in [2.45, 2.75) is 57.2 Å². The van der Waals surface area contributed by atoms with Crippen LogP contribution in [0.5, 0.6) is 0 Å². The highest BCUT2D eigenvalue weighted by Gasteiger charge is 2.34. The molecule has 4 heteroatoms. The van der Waals surface area contributed by atoms with E-state index in [1.54, 1.807) is 6.92 Å². The molecule has 4 nitrogen and oxygen atoms in total. The van der Waals surface area contributed by atoms with Gasteiger partial charge in [-0.1, -0.05) is 18.2 Å². The number of carbonyl (C=O) groups is 1. The van der Waals surface area contributed by atoms with E-state index in [1.807, 2.05) is 24.3 Å². The molecule has 0 aliphatic carbocycles. The van der Waals surface area contributed by atoms with E-state index >= 15 is 0 Å². The maximum Gasteiger partial charge on any atom is 0.224 e. The summed E-state index contributed by atoms with van der Waals surface area (Å²) in [7, 11) is 0. The van der Waals surface area contributed by atoms with Gasteiger partial charge in [0, 0.05) is 29.8 Å². The molecule has 2 aliphatic heterocycles. The van der Waals surface area contributed by atoms with Crippen molar-refractivity contribution in [3.63, 3.8) is 0 Å². The lowest BCUT2D eigenvalue weighted by atomic mass is 9.89. The van der Waals surface area contributed by atoms with Crippen LogP contribution in [-0.4, -0.2) is 23.1 Å². The Balaban J connectivity index is 1.59. The van der Waals surface area contributed by atoms with E-state index in [9.17, 15) is 9.90 Å². The monoisotopic (exact) mass is 288 g/mol. The number of benzene rings is 1. The average Bonchev–Trinajstić information content (AvgIpc) is 2.78. The van der Waals surface area contributed by atoms with Gasteiger partial charge in [-0.3, -0.25) is 4.79 Å². The third-order valence-electron chi connectivity index (χ3n) is 4.73. The van der Waals surface area contributed by atoms with Crippen LogP contribution in [0.15, 0.2) is 24.3 Å². The number of amides is 1. The van der Waals surface area contributed by atoms with Gasteiger partial charge in [0.25, 0.3) is 0 Å². The van der Waals surface area contributed by atoms with E-state index in [-0.39, 0.29) is 5.91 Å². The summed E-state index contributed by atoms with van der Waals surface area (Å²) in [5.74, 6) is 0.553. The van der Waals surface area contributed by atoms with Crippen LogP contribution in [-0.2, 0) is 4.79 Å². The molecule has 3 N–H and O–H groups in total. The molecule has 3 atom stereocenters. The van der Waals surface area contributed by atoms with Crippen LogP contribution in [0.3, 0.4) is 0 Å². The van der Waals surface area contributed by atoms with Crippen LogP contribution >= 0.6 is 0 Å². The first kappa shape index (κ1) is 14.5. The molecular weight excluding hydrogens is 264 g/mol. The summed E-state index contributed by atoms with van der Waals surface area (Å²) in [5.41, 5.74) is 1.51. The number of para-hydroxylation sites is 1. The van der Waals surface area contributed by atoms with Crippen molar-refractivity contribution in [2.24, 2.45) is 5.92 Å². The molecule has 2 aliphatic rings. The molecule has 2 bridgehead atoms. The predicted molar refractivity (Wildman–Crippen MR) is 83.0 cm³/mol. The Kier molecular flexibility index (Phi) is 4.27. The van der Waals surface area contributed by atoms with Gasteiger partial charge in [-0.05, 0) is 44.6 Å². The highest BCUT2D eigenvalue weighted by Crippen LogP contribution is 2.33. The van der Waals surface area contributed by atoms with E-state index in [4.69, 9.17) is 0 Å². The zero-order valence-electron chi connectivity index (χ0n) is 12.5. The minimum atomic E-state index is -0.573. The number of nitrogens with one attached hydrogen (secondary N) is 2. The molecule has 1 aromatic rings. The fraction of sp³-hybridized carbons (Fsp3) is 0.588. The zero-order valence-corrected chi connectivity index (χ0v) is 12.5. The first-order chi connectivity index (χ1) is 10.1. The number of rotatable bonds is 4. The van der Waals surface area contributed by atoms with Gasteiger partial charge in [-0.2, -0.15) is 0 Å². The minimum Gasteiger partial charge on any atom is -0.389 e. The Bertz CT molecular complexity index is 503. The molecule has 2 fully saturated rings. The number of carbonyl (C=O) groups excluding carboxylic acids is 1. The largest absolute Gasteiger partial charge is 0.389 e. The van der Waals surface area contributed by atoms with Gasteiger partial charge >= 0.3 is 0 Å². The first-order valence-electron chi connectivity index (χ1n) is 7.94. The second-order valence-corrected chi connectivity index (χ2v) is 6.49. The normalized spacial score (nSPS) is 29.1. The maximum absolute atomic E-state index is 12.3. The summed E-state index contributed by atoms with van der Waals surface area (Å²) in [6, 6.07) is 8.70. The SMILES string of the molecule is CC(O)c1ccccc1NC(=O)CC1CC2CCC(C1)N2. The van der Waals surface area contributed by atoms with Gasteiger partial charge in [0.2, 0.25) is 5.91 Å². The van der Waals surface area contributed by atoms with Crippen molar-refractivity contribution in [3.05, 3.63) is 29.8 Å². The summed E-state index contributed by atoms with van der Waals surface area (Å²) >= 11 is 0.